The fourth-order valence-electron chi connectivity index (χ4n) is 3.98. The third-order valence-corrected chi connectivity index (χ3v) is 6.72. The summed E-state index contributed by atoms with van der Waals surface area (Å²) >= 11 is 2.46. The van der Waals surface area contributed by atoms with Gasteiger partial charge in [0.15, 0.2) is 0 Å². The van der Waals surface area contributed by atoms with Crippen molar-refractivity contribution in [1.82, 2.24) is 17.5 Å². The van der Waals surface area contributed by atoms with Gasteiger partial charge in [-0.05, 0) is 19.3 Å². The predicted octanol–water partition coefficient (Wildman–Crippen LogP) is -5.37. The van der Waals surface area contributed by atoms with E-state index in [0.29, 0.717) is 25.0 Å². The molecule has 4 rings (SSSR count). The van der Waals surface area contributed by atoms with E-state index in [4.69, 9.17) is 9.47 Å². The number of nitrogens with zero attached hydrogens (tertiary/aromatic N) is 4. The number of likely N-dealkylation sites (N-methyl/N-ethyl adjacent to an activating group) is 2. The molecule has 2 aromatic heterocycles. The molecule has 0 aromatic carbocycles. The van der Waals surface area contributed by atoms with E-state index in [1.807, 2.05) is 0 Å². The Kier molecular flexibility index (Phi) is 12.0. The highest BCUT2D eigenvalue weighted by Crippen LogP contribution is 2.25. The van der Waals surface area contributed by atoms with Crippen molar-refractivity contribution in [3.8, 4) is 11.8 Å². The van der Waals surface area contributed by atoms with Crippen LogP contribution in [0.4, 0.5) is 0 Å². The lowest BCUT2D eigenvalue weighted by molar-refractivity contribution is -0.872. The molecule has 0 amide bonds. The molecule has 0 spiro atoms. The molecule has 2 atom stereocenters. The van der Waals surface area contributed by atoms with Crippen LogP contribution in [-0.4, -0.2) is 71.0 Å². The number of halogens is 2. The highest BCUT2D eigenvalue weighted by atomic mass is 35.5. The van der Waals surface area contributed by atoms with E-state index in [9.17, 15) is 0 Å². The van der Waals surface area contributed by atoms with Crippen molar-refractivity contribution in [3.05, 3.63) is 23.5 Å². The van der Waals surface area contributed by atoms with E-state index in [1.165, 1.54) is 57.5 Å². The number of rotatable bonds is 10. The van der Waals surface area contributed by atoms with Crippen LogP contribution in [0.1, 0.15) is 43.5 Å². The maximum atomic E-state index is 5.94. The van der Waals surface area contributed by atoms with Gasteiger partial charge in [0, 0.05) is 24.0 Å². The summed E-state index contributed by atoms with van der Waals surface area (Å²) in [7, 11) is 4.43. The summed E-state index contributed by atoms with van der Waals surface area (Å²) in [6.07, 6.45) is 9.69. The molecule has 0 bridgehead atoms. The van der Waals surface area contributed by atoms with E-state index < -0.39 is 0 Å². The van der Waals surface area contributed by atoms with Gasteiger partial charge in [-0.15, -0.1) is 8.75 Å². The normalized spacial score (nSPS) is 20.2. The topological polar surface area (TPSA) is 78.9 Å². The van der Waals surface area contributed by atoms with Crippen LogP contribution in [0, 0.1) is 0 Å². The molecule has 12 heteroatoms. The van der Waals surface area contributed by atoms with Crippen LogP contribution in [-0.2, 0) is 0 Å². The van der Waals surface area contributed by atoms with Gasteiger partial charge in [-0.25, -0.2) is 0 Å². The number of quaternary nitrogens is 2. The van der Waals surface area contributed by atoms with Crippen LogP contribution in [0.5, 0.6) is 11.8 Å². The molecule has 2 aliphatic rings. The van der Waals surface area contributed by atoms with E-state index in [0.717, 1.165) is 56.6 Å². The Morgan fingerprint density at radius 2 is 1.18 bits per heavy atom. The first-order valence-corrected chi connectivity index (χ1v) is 12.6. The Morgan fingerprint density at radius 1 is 0.727 bits per heavy atom. The van der Waals surface area contributed by atoms with Crippen LogP contribution in [0.3, 0.4) is 0 Å². The summed E-state index contributed by atoms with van der Waals surface area (Å²) < 4.78 is 29.5. The molecular formula is C21H32Cl2N6O2S2. The maximum Gasteiger partial charge on any atom is 0.253 e. The summed E-state index contributed by atoms with van der Waals surface area (Å²) in [4.78, 5) is 3.01. The third kappa shape index (κ3) is 7.87. The van der Waals surface area contributed by atoms with Crippen molar-refractivity contribution in [2.24, 2.45) is 0 Å². The van der Waals surface area contributed by atoms with Gasteiger partial charge < -0.3 is 44.1 Å². The fraction of sp³-hybridized carbons (Fsp3) is 0.619. The average Bonchev–Trinajstić information content (AvgIpc) is 3.42. The summed E-state index contributed by atoms with van der Waals surface area (Å²) in [5, 5.41) is 0. The Morgan fingerprint density at radius 3 is 1.61 bits per heavy atom. The molecule has 4 heterocycles. The standard InChI is InChI=1S/C21H30N6O2S2.2ClH/c1-26-10-6-8-16(14-26)18-20(24-30-22-18)28-12-4-3-5-13-29-21-19(23-31-25-21)17-9-7-11-27(2)15-17;;/h8-9H,3-7,10-15H2,1-2H3;2*1H. The van der Waals surface area contributed by atoms with Crippen LogP contribution in [0.15, 0.2) is 12.2 Å². The largest absolute Gasteiger partial charge is 1.00 e. The van der Waals surface area contributed by atoms with Crippen molar-refractivity contribution < 1.29 is 44.1 Å². The van der Waals surface area contributed by atoms with Gasteiger partial charge in [-0.1, -0.05) is 12.2 Å². The predicted molar refractivity (Wildman–Crippen MR) is 123 cm³/mol. The van der Waals surface area contributed by atoms with Crippen LogP contribution >= 0.6 is 23.5 Å². The molecule has 2 unspecified atom stereocenters. The zero-order valence-corrected chi connectivity index (χ0v) is 22.3. The minimum atomic E-state index is 0. The zero-order chi connectivity index (χ0) is 21.5. The van der Waals surface area contributed by atoms with Crippen molar-refractivity contribution in [2.75, 3.05) is 53.5 Å². The third-order valence-electron chi connectivity index (χ3n) is 5.70. The quantitative estimate of drug-likeness (QED) is 0.296. The molecule has 0 aliphatic carbocycles. The first-order chi connectivity index (χ1) is 15.2. The summed E-state index contributed by atoms with van der Waals surface area (Å²) in [6, 6.07) is 0. The van der Waals surface area contributed by atoms with Gasteiger partial charge in [0.2, 0.25) is 0 Å². The summed E-state index contributed by atoms with van der Waals surface area (Å²) in [5.74, 6) is 1.38. The van der Waals surface area contributed by atoms with Gasteiger partial charge in [0.1, 0.15) is 24.5 Å². The summed E-state index contributed by atoms with van der Waals surface area (Å²) in [5.41, 5.74) is 4.38. The molecule has 184 valence electrons. The monoisotopic (exact) mass is 534 g/mol. The second kappa shape index (κ2) is 14.2. The van der Waals surface area contributed by atoms with Gasteiger partial charge in [0.25, 0.3) is 11.8 Å². The average molecular weight is 536 g/mol. The number of nitrogens with one attached hydrogen (secondary N) is 2. The number of unbranched alkanes of at least 4 members (excludes halogenated alkanes) is 2. The minimum absolute atomic E-state index is 0. The molecule has 0 saturated carbocycles. The molecule has 0 fully saturated rings. The van der Waals surface area contributed by atoms with Crippen molar-refractivity contribution in [2.45, 2.75) is 32.1 Å². The first kappa shape index (κ1) is 27.9. The molecule has 8 nitrogen and oxygen atoms in total. The maximum absolute atomic E-state index is 5.94. The Labute approximate surface area is 216 Å². The summed E-state index contributed by atoms with van der Waals surface area (Å²) in [6.45, 7) is 5.63. The highest BCUT2D eigenvalue weighted by Gasteiger charge is 2.21. The lowest BCUT2D eigenvalue weighted by atomic mass is 10.1. The van der Waals surface area contributed by atoms with Crippen LogP contribution < -0.4 is 44.1 Å². The van der Waals surface area contributed by atoms with Gasteiger partial charge in [-0.3, -0.25) is 0 Å². The molecule has 33 heavy (non-hydrogen) atoms. The van der Waals surface area contributed by atoms with Crippen LogP contribution in [0.2, 0.25) is 0 Å². The molecule has 0 radical (unpaired) electrons. The first-order valence-electron chi connectivity index (χ1n) is 11.1. The molecule has 2 aromatic rings. The zero-order valence-electron chi connectivity index (χ0n) is 19.1. The molecule has 0 saturated heterocycles. The molecule has 2 aliphatic heterocycles. The van der Waals surface area contributed by atoms with Crippen molar-refractivity contribution in [1.29, 1.82) is 0 Å². The van der Waals surface area contributed by atoms with Gasteiger partial charge >= 0.3 is 0 Å². The van der Waals surface area contributed by atoms with Gasteiger partial charge in [-0.2, -0.15) is 8.75 Å². The van der Waals surface area contributed by atoms with E-state index in [2.05, 4.69) is 43.7 Å². The minimum Gasteiger partial charge on any atom is -1.00 e. The van der Waals surface area contributed by atoms with Crippen molar-refractivity contribution >= 4 is 34.6 Å². The highest BCUT2D eigenvalue weighted by molar-refractivity contribution is 6.99. The van der Waals surface area contributed by atoms with Crippen LogP contribution in [0.25, 0.3) is 11.1 Å². The number of hydrogen-bond acceptors (Lipinski definition) is 8. The Hall–Kier alpha value is -1.30. The second-order valence-corrected chi connectivity index (χ2v) is 9.45. The lowest BCUT2D eigenvalue weighted by Crippen LogP contribution is -3.09. The van der Waals surface area contributed by atoms with Crippen molar-refractivity contribution in [3.63, 3.8) is 0 Å². The Balaban J connectivity index is 0.00000193. The lowest BCUT2D eigenvalue weighted by Gasteiger charge is -2.19. The second-order valence-electron chi connectivity index (χ2n) is 8.40. The Bertz CT molecular complexity index is 848. The number of hydrogen-bond donors (Lipinski definition) is 2. The van der Waals surface area contributed by atoms with E-state index in [1.54, 1.807) is 0 Å². The molecule has 2 N–H and O–H groups in total. The smallest absolute Gasteiger partial charge is 0.253 e. The number of aromatic nitrogens is 4. The SMILES string of the molecule is C[NH+]1CCC=C(c2nsnc2OCCCCCOc2nsnc2C2=CCC[NH+](C)C2)C1.[Cl-].[Cl-]. The van der Waals surface area contributed by atoms with E-state index in [-0.39, 0.29) is 24.8 Å². The fourth-order valence-corrected chi connectivity index (χ4v) is 5.04. The molecular weight excluding hydrogens is 503 g/mol. The van der Waals surface area contributed by atoms with Gasteiger partial charge in [0.05, 0.1) is 63.9 Å². The van der Waals surface area contributed by atoms with E-state index >= 15 is 0 Å². The number of ether oxygens (including phenoxy) is 2.